The highest BCUT2D eigenvalue weighted by Gasteiger charge is 2.55. The van der Waals surface area contributed by atoms with Gasteiger partial charge in [0, 0.05) is 25.2 Å². The Balaban J connectivity index is 1.73. The Hall–Kier alpha value is -0.650. The van der Waals surface area contributed by atoms with Gasteiger partial charge in [-0.25, -0.2) is 4.39 Å². The van der Waals surface area contributed by atoms with Crippen molar-refractivity contribution in [3.8, 4) is 0 Å². The largest absolute Gasteiger partial charge is 0.467 e. The molecule has 5 heteroatoms. The van der Waals surface area contributed by atoms with E-state index < -0.39 is 18.1 Å². The van der Waals surface area contributed by atoms with E-state index in [1.54, 1.807) is 0 Å². The average Bonchev–Trinajstić information content (AvgIpc) is 3.14. The molecule has 144 valence electrons. The Kier molecular flexibility index (Phi) is 6.75. The Morgan fingerprint density at radius 3 is 3.00 bits per heavy atom. The van der Waals surface area contributed by atoms with Crippen LogP contribution >= 0.6 is 0 Å². The lowest BCUT2D eigenvalue weighted by molar-refractivity contribution is -0.185. The molecule has 5 atom stereocenters. The van der Waals surface area contributed by atoms with Gasteiger partial charge in [0.15, 0.2) is 12.6 Å². The second kappa shape index (κ2) is 8.83. The first-order valence-electron chi connectivity index (χ1n) is 10.1. The number of hydrogen-bond donors (Lipinski definition) is 1. The van der Waals surface area contributed by atoms with E-state index in [2.05, 4.69) is 6.92 Å². The van der Waals surface area contributed by atoms with Crippen LogP contribution in [0.25, 0.3) is 0 Å². The van der Waals surface area contributed by atoms with Crippen LogP contribution in [-0.4, -0.2) is 36.1 Å². The summed E-state index contributed by atoms with van der Waals surface area (Å²) in [5.41, 5.74) is -0.579. The fourth-order valence-electron chi connectivity index (χ4n) is 4.47. The van der Waals surface area contributed by atoms with E-state index in [9.17, 15) is 9.50 Å². The minimum atomic E-state index is -0.853. The van der Waals surface area contributed by atoms with E-state index in [4.69, 9.17) is 14.2 Å². The van der Waals surface area contributed by atoms with Crippen LogP contribution in [0.5, 0.6) is 0 Å². The zero-order valence-corrected chi connectivity index (χ0v) is 15.4. The minimum Gasteiger partial charge on any atom is -0.467 e. The van der Waals surface area contributed by atoms with Gasteiger partial charge in [0.1, 0.15) is 17.5 Å². The van der Waals surface area contributed by atoms with Crippen LogP contribution in [0.1, 0.15) is 77.6 Å². The van der Waals surface area contributed by atoms with Gasteiger partial charge in [0.05, 0.1) is 6.61 Å². The molecule has 3 aliphatic rings. The molecule has 1 aliphatic carbocycles. The van der Waals surface area contributed by atoms with Crippen molar-refractivity contribution in [1.82, 2.24) is 0 Å². The molecule has 0 aromatic rings. The van der Waals surface area contributed by atoms with E-state index in [1.165, 1.54) is 0 Å². The van der Waals surface area contributed by atoms with Crippen molar-refractivity contribution in [2.45, 2.75) is 102 Å². The fraction of sp³-hybridized carbons (Fsp3) is 0.900. The highest BCUT2D eigenvalue weighted by atomic mass is 19.1. The number of aliphatic hydroxyl groups excluding tert-OH is 1. The molecule has 0 spiro atoms. The highest BCUT2D eigenvalue weighted by Crippen LogP contribution is 2.52. The summed E-state index contributed by atoms with van der Waals surface area (Å²) in [5.74, 6) is 0.962. The molecule has 2 saturated heterocycles. The van der Waals surface area contributed by atoms with Crippen molar-refractivity contribution >= 4 is 0 Å². The first-order chi connectivity index (χ1) is 12.1. The van der Waals surface area contributed by atoms with Crippen molar-refractivity contribution in [1.29, 1.82) is 0 Å². The quantitative estimate of drug-likeness (QED) is 0.645. The van der Waals surface area contributed by atoms with E-state index in [0.717, 1.165) is 51.4 Å². The maximum atomic E-state index is 14.2. The molecule has 0 bridgehead atoms. The van der Waals surface area contributed by atoms with Crippen LogP contribution in [0, 0.1) is 5.92 Å². The number of unbranched alkanes of at least 4 members (excludes halogenated alkanes) is 1. The molecule has 2 aliphatic heterocycles. The third-order valence-corrected chi connectivity index (χ3v) is 5.84. The first kappa shape index (κ1) is 19.1. The monoisotopic (exact) mass is 356 g/mol. The van der Waals surface area contributed by atoms with Gasteiger partial charge in [-0.1, -0.05) is 19.8 Å². The van der Waals surface area contributed by atoms with Crippen LogP contribution in [0.3, 0.4) is 0 Å². The summed E-state index contributed by atoms with van der Waals surface area (Å²) >= 11 is 0. The average molecular weight is 356 g/mol. The summed E-state index contributed by atoms with van der Waals surface area (Å²) in [5, 5.41) is 10.0. The standard InChI is InChI=1S/C20H33FO4/c1-2-3-8-16(21)10-11-17(24-19-9-4-5-13-23-19)20-12-6-7-15(20)14-18(22)25-20/h11,15-16,18-19,22H,2-10,12-14H2,1H3/t15-,16+,18?,19?,20+/m0/s1. The Morgan fingerprint density at radius 1 is 1.36 bits per heavy atom. The number of alkyl halides is 1. The molecule has 0 aromatic carbocycles. The molecule has 0 aromatic heterocycles. The van der Waals surface area contributed by atoms with Crippen molar-refractivity contribution in [2.24, 2.45) is 5.92 Å². The molecule has 25 heavy (non-hydrogen) atoms. The second-order valence-electron chi connectivity index (χ2n) is 7.74. The summed E-state index contributed by atoms with van der Waals surface area (Å²) in [7, 11) is 0. The van der Waals surface area contributed by atoms with Crippen molar-refractivity contribution in [2.75, 3.05) is 6.61 Å². The summed E-state index contributed by atoms with van der Waals surface area (Å²) in [6.45, 7) is 2.79. The van der Waals surface area contributed by atoms with Gasteiger partial charge in [0.25, 0.3) is 0 Å². The summed E-state index contributed by atoms with van der Waals surface area (Å²) in [6.07, 6.45) is 9.40. The number of ether oxygens (including phenoxy) is 3. The molecule has 2 unspecified atom stereocenters. The van der Waals surface area contributed by atoms with Gasteiger partial charge in [-0.15, -0.1) is 0 Å². The van der Waals surface area contributed by atoms with E-state index in [0.29, 0.717) is 31.6 Å². The van der Waals surface area contributed by atoms with Gasteiger partial charge >= 0.3 is 0 Å². The van der Waals surface area contributed by atoms with Gasteiger partial charge < -0.3 is 19.3 Å². The number of aliphatic hydroxyl groups is 1. The second-order valence-corrected chi connectivity index (χ2v) is 7.74. The van der Waals surface area contributed by atoms with Crippen molar-refractivity contribution in [3.05, 3.63) is 11.8 Å². The van der Waals surface area contributed by atoms with Gasteiger partial charge in [-0.05, 0) is 44.6 Å². The predicted molar refractivity (Wildman–Crippen MR) is 93.6 cm³/mol. The van der Waals surface area contributed by atoms with Crippen molar-refractivity contribution in [3.63, 3.8) is 0 Å². The summed E-state index contributed by atoms with van der Waals surface area (Å²) in [4.78, 5) is 0. The Morgan fingerprint density at radius 2 is 2.24 bits per heavy atom. The van der Waals surface area contributed by atoms with Crippen LogP contribution in [0.2, 0.25) is 0 Å². The fourth-order valence-corrected chi connectivity index (χ4v) is 4.47. The maximum absolute atomic E-state index is 14.2. The lowest BCUT2D eigenvalue weighted by atomic mass is 9.88. The molecular formula is C20H33FO4. The van der Waals surface area contributed by atoms with Gasteiger partial charge in [0.2, 0.25) is 0 Å². The SMILES string of the molecule is CCCC[C@@H](F)CC=C(OC1CCCCO1)[C@@]12CCC[C@H]1CC(O)O2. The molecule has 0 radical (unpaired) electrons. The summed E-state index contributed by atoms with van der Waals surface area (Å²) in [6, 6.07) is 0. The number of hydrogen-bond acceptors (Lipinski definition) is 4. The lowest BCUT2D eigenvalue weighted by Crippen LogP contribution is -2.38. The molecular weight excluding hydrogens is 323 g/mol. The van der Waals surface area contributed by atoms with Gasteiger partial charge in [-0.3, -0.25) is 0 Å². The lowest BCUT2D eigenvalue weighted by Gasteiger charge is -2.35. The first-order valence-corrected chi connectivity index (χ1v) is 10.1. The smallest absolute Gasteiger partial charge is 0.199 e. The molecule has 3 fully saturated rings. The van der Waals surface area contributed by atoms with E-state index >= 15 is 0 Å². The van der Waals surface area contributed by atoms with Crippen LogP contribution in [0.4, 0.5) is 4.39 Å². The topological polar surface area (TPSA) is 47.9 Å². The Bertz CT molecular complexity index is 449. The zero-order chi connectivity index (χ0) is 17.7. The number of fused-ring (bicyclic) bond motifs is 1. The molecule has 3 rings (SSSR count). The normalized spacial score (nSPS) is 37.1. The molecule has 2 heterocycles. The number of halogens is 1. The van der Waals surface area contributed by atoms with Gasteiger partial charge in [-0.2, -0.15) is 0 Å². The predicted octanol–water partition coefficient (Wildman–Crippen LogP) is 4.61. The minimum absolute atomic E-state index is 0.256. The van der Waals surface area contributed by atoms with E-state index in [1.807, 2.05) is 6.08 Å². The molecule has 0 amide bonds. The number of rotatable bonds is 8. The van der Waals surface area contributed by atoms with Crippen LogP contribution in [-0.2, 0) is 14.2 Å². The third-order valence-electron chi connectivity index (χ3n) is 5.84. The van der Waals surface area contributed by atoms with Crippen molar-refractivity contribution < 1.29 is 23.7 Å². The Labute approximate surface area is 150 Å². The van der Waals surface area contributed by atoms with E-state index in [-0.39, 0.29) is 12.2 Å². The molecule has 1 saturated carbocycles. The molecule has 4 nitrogen and oxygen atoms in total. The third kappa shape index (κ3) is 4.55. The maximum Gasteiger partial charge on any atom is 0.199 e. The van der Waals surface area contributed by atoms with Crippen LogP contribution in [0.15, 0.2) is 11.8 Å². The number of allylic oxidation sites excluding steroid dienone is 1. The highest BCUT2D eigenvalue weighted by molar-refractivity contribution is 5.19. The zero-order valence-electron chi connectivity index (χ0n) is 15.4. The summed E-state index contributed by atoms with van der Waals surface area (Å²) < 4.78 is 32.1. The molecule has 1 N–H and O–H groups in total. The van der Waals surface area contributed by atoms with Crippen LogP contribution < -0.4 is 0 Å².